The molecule has 4 rings (SSSR count). The Morgan fingerprint density at radius 3 is 2.10 bits per heavy atom. The molecule has 204 valence electrons. The number of aliphatic hydroxyl groups is 1. The van der Waals surface area contributed by atoms with Gasteiger partial charge in [-0.05, 0) is 73.7 Å². The zero-order valence-corrected chi connectivity index (χ0v) is 23.9. The highest BCUT2D eigenvalue weighted by Crippen LogP contribution is 2.44. The van der Waals surface area contributed by atoms with Crippen molar-refractivity contribution in [3.63, 3.8) is 0 Å². The topological polar surface area (TPSA) is 70.1 Å². The Hall–Kier alpha value is -4.06. The molecule has 1 heterocycles. The number of Topliss-reactive ketones (excluding diaryl/α,β-unsaturated/α-hetero) is 1. The van der Waals surface area contributed by atoms with E-state index in [9.17, 15) is 14.7 Å². The van der Waals surface area contributed by atoms with E-state index < -0.39 is 17.7 Å². The van der Waals surface area contributed by atoms with Crippen molar-refractivity contribution in [2.75, 3.05) is 30.0 Å². The number of anilines is 2. The number of hydrogen-bond donors (Lipinski definition) is 1. The lowest BCUT2D eigenvalue weighted by Crippen LogP contribution is -2.29. The number of ether oxygens (including phenoxy) is 1. The Kier molecular flexibility index (Phi) is 7.86. The summed E-state index contributed by atoms with van der Waals surface area (Å²) in [4.78, 5) is 30.9. The summed E-state index contributed by atoms with van der Waals surface area (Å²) in [5.74, 6) is -1.22. The molecule has 0 saturated carbocycles. The van der Waals surface area contributed by atoms with Crippen LogP contribution in [0.3, 0.4) is 0 Å². The van der Waals surface area contributed by atoms with Gasteiger partial charge in [-0.15, -0.1) is 0 Å². The fourth-order valence-electron chi connectivity index (χ4n) is 5.08. The van der Waals surface area contributed by atoms with Crippen molar-refractivity contribution in [3.8, 4) is 5.75 Å². The predicted molar refractivity (Wildman–Crippen MR) is 158 cm³/mol. The Morgan fingerprint density at radius 2 is 1.56 bits per heavy atom. The lowest BCUT2D eigenvalue weighted by Gasteiger charge is -2.27. The molecule has 0 spiro atoms. The zero-order chi connectivity index (χ0) is 28.5. The minimum Gasteiger partial charge on any atom is -0.507 e. The van der Waals surface area contributed by atoms with Crippen LogP contribution in [0.25, 0.3) is 5.76 Å². The van der Waals surface area contributed by atoms with Crippen molar-refractivity contribution in [1.29, 1.82) is 0 Å². The van der Waals surface area contributed by atoms with E-state index in [0.29, 0.717) is 17.0 Å². The highest BCUT2D eigenvalue weighted by atomic mass is 16.5. The molecular formula is C33H38N2O4. The van der Waals surface area contributed by atoms with Crippen molar-refractivity contribution in [2.45, 2.75) is 53.0 Å². The molecule has 39 heavy (non-hydrogen) atoms. The van der Waals surface area contributed by atoms with E-state index in [1.807, 2.05) is 67.6 Å². The molecule has 1 amide bonds. The van der Waals surface area contributed by atoms with Gasteiger partial charge in [-0.2, -0.15) is 0 Å². The first-order chi connectivity index (χ1) is 18.5. The Labute approximate surface area is 231 Å². The summed E-state index contributed by atoms with van der Waals surface area (Å²) in [7, 11) is 1.52. The third-order valence-corrected chi connectivity index (χ3v) is 7.41. The van der Waals surface area contributed by atoms with Crippen LogP contribution >= 0.6 is 0 Å². The normalized spacial score (nSPS) is 17.0. The van der Waals surface area contributed by atoms with Gasteiger partial charge in [0.2, 0.25) is 0 Å². The number of ketones is 1. The van der Waals surface area contributed by atoms with Crippen LogP contribution < -0.4 is 14.5 Å². The maximum absolute atomic E-state index is 13.6. The molecule has 1 fully saturated rings. The van der Waals surface area contributed by atoms with Crippen LogP contribution in [0.4, 0.5) is 11.4 Å². The largest absolute Gasteiger partial charge is 0.507 e. The Bertz CT molecular complexity index is 1400. The number of aliphatic hydroxyl groups excluding tert-OH is 1. The number of carbonyl (C=O) groups is 2. The van der Waals surface area contributed by atoms with E-state index in [1.54, 1.807) is 6.07 Å². The first-order valence-corrected chi connectivity index (χ1v) is 13.4. The van der Waals surface area contributed by atoms with Gasteiger partial charge < -0.3 is 14.7 Å². The third-order valence-electron chi connectivity index (χ3n) is 7.41. The summed E-state index contributed by atoms with van der Waals surface area (Å²) in [6, 6.07) is 20.1. The Morgan fingerprint density at radius 1 is 0.949 bits per heavy atom. The van der Waals surface area contributed by atoms with Crippen LogP contribution in [0.1, 0.15) is 62.9 Å². The first-order valence-electron chi connectivity index (χ1n) is 13.4. The van der Waals surface area contributed by atoms with Gasteiger partial charge in [0.1, 0.15) is 11.5 Å². The van der Waals surface area contributed by atoms with Gasteiger partial charge in [-0.1, -0.05) is 56.7 Å². The average Bonchev–Trinajstić information content (AvgIpc) is 3.19. The number of benzene rings is 3. The van der Waals surface area contributed by atoms with E-state index in [1.165, 1.54) is 12.0 Å². The van der Waals surface area contributed by atoms with Gasteiger partial charge in [-0.25, -0.2) is 0 Å². The van der Waals surface area contributed by atoms with E-state index in [0.717, 1.165) is 35.5 Å². The SMILES string of the molecule is CCN(CC)c1ccc(C2/C(=C(\O)c3cc(C(C)(C)C)ccc3OC)C(=O)C(=O)N2c2ccc(C)cc2)cc1. The molecule has 6 heteroatoms. The van der Waals surface area contributed by atoms with Crippen molar-refractivity contribution in [1.82, 2.24) is 0 Å². The van der Waals surface area contributed by atoms with Gasteiger partial charge in [0.05, 0.1) is 24.3 Å². The van der Waals surface area contributed by atoms with Crippen LogP contribution in [0.15, 0.2) is 72.3 Å². The fraction of sp³-hybridized carbons (Fsp3) is 0.333. The maximum Gasteiger partial charge on any atom is 0.300 e. The smallest absolute Gasteiger partial charge is 0.300 e. The molecule has 1 N–H and O–H groups in total. The molecule has 1 unspecified atom stereocenters. The summed E-state index contributed by atoms with van der Waals surface area (Å²) in [6.45, 7) is 14.1. The van der Waals surface area contributed by atoms with Crippen LogP contribution in [-0.4, -0.2) is 37.0 Å². The summed E-state index contributed by atoms with van der Waals surface area (Å²) in [5, 5.41) is 11.8. The van der Waals surface area contributed by atoms with Crippen LogP contribution in [0.2, 0.25) is 0 Å². The maximum atomic E-state index is 13.6. The number of methoxy groups -OCH3 is 1. The van der Waals surface area contributed by atoms with Crippen LogP contribution in [0.5, 0.6) is 5.75 Å². The quantitative estimate of drug-likeness (QED) is 0.209. The summed E-state index contributed by atoms with van der Waals surface area (Å²) in [5.41, 5.74) is 4.62. The van der Waals surface area contributed by atoms with E-state index in [-0.39, 0.29) is 16.7 Å². The van der Waals surface area contributed by atoms with E-state index >= 15 is 0 Å². The number of amides is 1. The van der Waals surface area contributed by atoms with Gasteiger partial charge in [0, 0.05) is 24.5 Å². The second-order valence-corrected chi connectivity index (χ2v) is 10.9. The van der Waals surface area contributed by atoms with Gasteiger partial charge >= 0.3 is 0 Å². The monoisotopic (exact) mass is 526 g/mol. The molecule has 0 aliphatic carbocycles. The average molecular weight is 527 g/mol. The molecule has 3 aromatic carbocycles. The van der Waals surface area contributed by atoms with Crippen molar-refractivity contribution >= 4 is 28.8 Å². The number of nitrogens with zero attached hydrogens (tertiary/aromatic N) is 2. The highest BCUT2D eigenvalue weighted by molar-refractivity contribution is 6.51. The lowest BCUT2D eigenvalue weighted by molar-refractivity contribution is -0.132. The Balaban J connectivity index is 1.96. The van der Waals surface area contributed by atoms with Gasteiger partial charge in [-0.3, -0.25) is 14.5 Å². The minimum atomic E-state index is -0.804. The van der Waals surface area contributed by atoms with Crippen LogP contribution in [-0.2, 0) is 15.0 Å². The molecule has 0 aromatic heterocycles. The molecule has 0 bridgehead atoms. The second-order valence-electron chi connectivity index (χ2n) is 10.9. The van der Waals surface area contributed by atoms with Gasteiger partial charge in [0.15, 0.2) is 0 Å². The van der Waals surface area contributed by atoms with Crippen molar-refractivity contribution < 1.29 is 19.4 Å². The number of carbonyl (C=O) groups excluding carboxylic acids is 2. The molecule has 1 atom stereocenters. The predicted octanol–water partition coefficient (Wildman–Crippen LogP) is 6.77. The standard InChI is InChI=1S/C33H38N2O4/c1-8-34(9-2)24-17-12-22(13-18-24)29-28(31(37)32(38)35(29)25-15-10-21(3)11-16-25)30(36)26-20-23(33(4,5)6)14-19-27(26)39-7/h10-20,29,36H,8-9H2,1-7H3/b30-28+. The fourth-order valence-corrected chi connectivity index (χ4v) is 5.08. The van der Waals surface area contributed by atoms with Crippen molar-refractivity contribution in [3.05, 3.63) is 94.6 Å². The summed E-state index contributed by atoms with van der Waals surface area (Å²) < 4.78 is 5.58. The molecule has 0 radical (unpaired) electrons. The highest BCUT2D eigenvalue weighted by Gasteiger charge is 2.47. The molecule has 3 aromatic rings. The van der Waals surface area contributed by atoms with E-state index in [2.05, 4.69) is 39.5 Å². The number of hydrogen-bond acceptors (Lipinski definition) is 5. The first kappa shape index (κ1) is 28.0. The summed E-state index contributed by atoms with van der Waals surface area (Å²) in [6.07, 6.45) is 0. The number of rotatable bonds is 7. The third kappa shape index (κ3) is 5.29. The van der Waals surface area contributed by atoms with Crippen molar-refractivity contribution in [2.24, 2.45) is 0 Å². The molecule has 6 nitrogen and oxygen atoms in total. The molecule has 1 aliphatic rings. The minimum absolute atomic E-state index is 0.0422. The van der Waals surface area contributed by atoms with E-state index in [4.69, 9.17) is 4.74 Å². The number of aryl methyl sites for hydroxylation is 1. The molecular weight excluding hydrogens is 488 g/mol. The van der Waals surface area contributed by atoms with Gasteiger partial charge in [0.25, 0.3) is 11.7 Å². The lowest BCUT2D eigenvalue weighted by atomic mass is 9.85. The zero-order valence-electron chi connectivity index (χ0n) is 23.9. The summed E-state index contributed by atoms with van der Waals surface area (Å²) >= 11 is 0. The molecule has 1 aliphatic heterocycles. The van der Waals surface area contributed by atoms with Crippen LogP contribution in [0, 0.1) is 6.92 Å². The molecule has 1 saturated heterocycles. The second kappa shape index (κ2) is 11.0.